The van der Waals surface area contributed by atoms with Crippen LogP contribution < -0.4 is 5.32 Å². The van der Waals surface area contributed by atoms with Crippen molar-refractivity contribution in [1.82, 2.24) is 10.2 Å². The van der Waals surface area contributed by atoms with Gasteiger partial charge in [0.05, 0.1) is 10.0 Å². The van der Waals surface area contributed by atoms with E-state index in [-0.39, 0.29) is 24.6 Å². The smallest absolute Gasteiger partial charge is 0.163 e. The molecule has 3 nitrogen and oxygen atoms in total. The summed E-state index contributed by atoms with van der Waals surface area (Å²) in [6.45, 7) is 1.30. The van der Waals surface area contributed by atoms with Crippen LogP contribution in [0.5, 0.6) is 0 Å². The zero-order valence-electron chi connectivity index (χ0n) is 15.2. The number of rotatable bonds is 5. The van der Waals surface area contributed by atoms with Crippen molar-refractivity contribution in [2.45, 2.75) is 18.4 Å². The number of Topliss-reactive ketones (excluding diaryl/α,β-unsaturated/α-hetero) is 1. The zero-order chi connectivity index (χ0) is 18.9. The first-order chi connectivity index (χ1) is 12.3. The maximum atomic E-state index is 13.5. The number of carbonyl (C=O) groups is 1. The number of carbonyl (C=O) groups excluding carboxylic acids is 1. The molecule has 0 aliphatic carbocycles. The summed E-state index contributed by atoms with van der Waals surface area (Å²) in [5, 5.41) is 5.14. The van der Waals surface area contributed by atoms with Crippen LogP contribution in [0.4, 0.5) is 0 Å². The van der Waals surface area contributed by atoms with Gasteiger partial charge in [-0.1, -0.05) is 46.9 Å². The fourth-order valence-electron chi connectivity index (χ4n) is 3.63. The third-order valence-electron chi connectivity index (χ3n) is 4.73. The highest BCUT2D eigenvalue weighted by Gasteiger charge is 2.43. The summed E-state index contributed by atoms with van der Waals surface area (Å²) in [7, 11) is 3.94. The van der Waals surface area contributed by atoms with Crippen LogP contribution in [0.25, 0.3) is 0 Å². The molecule has 0 spiro atoms. The molecule has 3 rings (SSSR count). The summed E-state index contributed by atoms with van der Waals surface area (Å²) in [6, 6.07) is 11.1. The number of nitrogens with one attached hydrogen (secondary N) is 1. The minimum absolute atomic E-state index is 0. The van der Waals surface area contributed by atoms with Gasteiger partial charge in [-0.3, -0.25) is 10.1 Å². The van der Waals surface area contributed by atoms with E-state index < -0.39 is 5.54 Å². The predicted octanol–water partition coefficient (Wildman–Crippen LogP) is 4.78. The Morgan fingerprint density at radius 3 is 2.52 bits per heavy atom. The Hall–Kier alpha value is -0.810. The largest absolute Gasteiger partial charge is 0.307 e. The van der Waals surface area contributed by atoms with E-state index in [9.17, 15) is 4.79 Å². The molecule has 146 valence electrons. The van der Waals surface area contributed by atoms with Crippen LogP contribution in [0.2, 0.25) is 15.1 Å². The van der Waals surface area contributed by atoms with Gasteiger partial charge in [0.15, 0.2) is 5.78 Å². The molecule has 1 aliphatic rings. The topological polar surface area (TPSA) is 32.3 Å². The van der Waals surface area contributed by atoms with Crippen LogP contribution >= 0.6 is 47.2 Å². The highest BCUT2D eigenvalue weighted by molar-refractivity contribution is 6.42. The Labute approximate surface area is 181 Å². The molecule has 27 heavy (non-hydrogen) atoms. The fourth-order valence-corrected chi connectivity index (χ4v) is 4.14. The molecule has 1 heterocycles. The molecule has 2 aromatic rings. The molecular formula is C20H22Cl4N2O. The lowest BCUT2D eigenvalue weighted by Crippen LogP contribution is -2.58. The number of likely N-dealkylation sites (N-methyl/N-ethyl adjacent to an activating group) is 1. The van der Waals surface area contributed by atoms with E-state index in [1.165, 1.54) is 0 Å². The van der Waals surface area contributed by atoms with Gasteiger partial charge in [0.25, 0.3) is 0 Å². The van der Waals surface area contributed by atoms with Crippen LogP contribution in [-0.2, 0) is 23.2 Å². The quantitative estimate of drug-likeness (QED) is 0.715. The van der Waals surface area contributed by atoms with E-state index in [2.05, 4.69) is 5.32 Å². The molecular weight excluding hydrogens is 426 g/mol. The maximum absolute atomic E-state index is 13.5. The van der Waals surface area contributed by atoms with Gasteiger partial charge in [-0.25, -0.2) is 0 Å². The number of hydrogen-bond donors (Lipinski definition) is 1. The minimum Gasteiger partial charge on any atom is -0.307 e. The van der Waals surface area contributed by atoms with E-state index in [0.29, 0.717) is 21.6 Å². The van der Waals surface area contributed by atoms with Crippen LogP contribution in [0.3, 0.4) is 0 Å². The molecule has 7 heteroatoms. The SMILES string of the molecule is CN(C)CC1(C(=O)Cc2ccc(Cl)c(Cl)c2)NCCc2cc(Cl)ccc21.Cl. The molecule has 0 saturated carbocycles. The van der Waals surface area contributed by atoms with Crippen molar-refractivity contribution in [3.05, 3.63) is 68.2 Å². The number of nitrogens with zero attached hydrogens (tertiary/aromatic N) is 1. The Morgan fingerprint density at radius 1 is 1.11 bits per heavy atom. The number of fused-ring (bicyclic) bond motifs is 1. The van der Waals surface area contributed by atoms with Gasteiger partial charge in [0.1, 0.15) is 5.54 Å². The third kappa shape index (κ3) is 4.79. The monoisotopic (exact) mass is 446 g/mol. The van der Waals surface area contributed by atoms with Crippen molar-refractivity contribution in [2.24, 2.45) is 0 Å². The van der Waals surface area contributed by atoms with Crippen LogP contribution in [0.1, 0.15) is 16.7 Å². The molecule has 1 unspecified atom stereocenters. The van der Waals surface area contributed by atoms with Gasteiger partial charge in [-0.2, -0.15) is 0 Å². The van der Waals surface area contributed by atoms with Crippen LogP contribution in [0.15, 0.2) is 36.4 Å². The highest BCUT2D eigenvalue weighted by Crippen LogP contribution is 2.33. The van der Waals surface area contributed by atoms with Crippen molar-refractivity contribution in [3.63, 3.8) is 0 Å². The molecule has 1 atom stereocenters. The molecule has 1 N–H and O–H groups in total. The lowest BCUT2D eigenvalue weighted by Gasteiger charge is -2.41. The molecule has 0 saturated heterocycles. The average Bonchev–Trinajstić information content (AvgIpc) is 2.57. The summed E-state index contributed by atoms with van der Waals surface area (Å²) in [6.07, 6.45) is 1.13. The van der Waals surface area contributed by atoms with Crippen LogP contribution in [0, 0.1) is 0 Å². The molecule has 2 aromatic carbocycles. The first-order valence-electron chi connectivity index (χ1n) is 8.48. The second kappa shape index (κ2) is 9.13. The Kier molecular flexibility index (Phi) is 7.60. The normalized spacial score (nSPS) is 18.7. The fraction of sp³-hybridized carbons (Fsp3) is 0.350. The lowest BCUT2D eigenvalue weighted by molar-refractivity contribution is -0.126. The van der Waals surface area contributed by atoms with Gasteiger partial charge in [-0.15, -0.1) is 12.4 Å². The first-order valence-corrected chi connectivity index (χ1v) is 9.61. The Morgan fingerprint density at radius 2 is 1.85 bits per heavy atom. The average molecular weight is 448 g/mol. The maximum Gasteiger partial charge on any atom is 0.163 e. The summed E-state index contributed by atoms with van der Waals surface area (Å²) in [5.41, 5.74) is 2.21. The summed E-state index contributed by atoms with van der Waals surface area (Å²) < 4.78 is 0. The zero-order valence-corrected chi connectivity index (χ0v) is 18.3. The minimum atomic E-state index is -0.770. The first kappa shape index (κ1) is 22.5. The third-order valence-corrected chi connectivity index (χ3v) is 5.70. The van der Waals surface area contributed by atoms with Gasteiger partial charge in [0, 0.05) is 24.5 Å². The van der Waals surface area contributed by atoms with Crippen molar-refractivity contribution in [3.8, 4) is 0 Å². The Bertz CT molecular complexity index is 841. The number of ketones is 1. The van der Waals surface area contributed by atoms with Crippen molar-refractivity contribution in [1.29, 1.82) is 0 Å². The standard InChI is InChI=1S/C20H21Cl3N2O.ClH/c1-25(2)12-20(16-5-4-15(21)11-14(16)7-8-24-20)19(26)10-13-3-6-17(22)18(23)9-13;/h3-6,9,11,24H,7-8,10,12H2,1-2H3;1H. The number of hydrogen-bond acceptors (Lipinski definition) is 3. The molecule has 1 aliphatic heterocycles. The number of halogens is 4. The molecule has 0 bridgehead atoms. The summed E-state index contributed by atoms with van der Waals surface area (Å²) in [5.74, 6) is 0.105. The van der Waals surface area contributed by atoms with Crippen molar-refractivity contribution >= 4 is 53.0 Å². The predicted molar refractivity (Wildman–Crippen MR) is 116 cm³/mol. The van der Waals surface area contributed by atoms with Gasteiger partial charge < -0.3 is 4.90 Å². The van der Waals surface area contributed by atoms with E-state index in [1.54, 1.807) is 12.1 Å². The highest BCUT2D eigenvalue weighted by atomic mass is 35.5. The molecule has 0 amide bonds. The summed E-state index contributed by atoms with van der Waals surface area (Å²) >= 11 is 18.3. The van der Waals surface area contributed by atoms with E-state index in [0.717, 1.165) is 29.7 Å². The lowest BCUT2D eigenvalue weighted by atomic mass is 9.77. The molecule has 0 radical (unpaired) electrons. The van der Waals surface area contributed by atoms with Gasteiger partial charge in [0.2, 0.25) is 0 Å². The number of benzene rings is 2. The molecule has 0 fully saturated rings. The van der Waals surface area contributed by atoms with E-state index >= 15 is 0 Å². The van der Waals surface area contributed by atoms with E-state index in [1.807, 2.05) is 43.3 Å². The van der Waals surface area contributed by atoms with Gasteiger partial charge in [-0.05, 0) is 61.5 Å². The van der Waals surface area contributed by atoms with Crippen LogP contribution in [-0.4, -0.2) is 37.9 Å². The summed E-state index contributed by atoms with van der Waals surface area (Å²) in [4.78, 5) is 15.5. The van der Waals surface area contributed by atoms with Crippen molar-refractivity contribution in [2.75, 3.05) is 27.2 Å². The second-order valence-corrected chi connectivity index (χ2v) is 8.22. The molecule has 0 aromatic heterocycles. The van der Waals surface area contributed by atoms with Crippen molar-refractivity contribution < 1.29 is 4.79 Å². The van der Waals surface area contributed by atoms with E-state index in [4.69, 9.17) is 34.8 Å². The van der Waals surface area contributed by atoms with Gasteiger partial charge >= 0.3 is 0 Å². The Balaban J connectivity index is 0.00000261. The second-order valence-electron chi connectivity index (χ2n) is 6.97.